The quantitative estimate of drug-likeness (QED) is 0.849. The third-order valence-corrected chi connectivity index (χ3v) is 5.44. The molecule has 21 heavy (non-hydrogen) atoms. The van der Waals surface area contributed by atoms with Crippen LogP contribution in [0.5, 0.6) is 0 Å². The SMILES string of the molecule is CC(=O)CC(c1ccccc1)S(=O)(=O)c1cccc(C)c1. The molecular weight excluding hydrogens is 284 g/mol. The monoisotopic (exact) mass is 302 g/mol. The van der Waals surface area contributed by atoms with Crippen molar-refractivity contribution < 1.29 is 13.2 Å². The van der Waals surface area contributed by atoms with Crippen molar-refractivity contribution in [3.05, 3.63) is 65.7 Å². The highest BCUT2D eigenvalue weighted by Gasteiger charge is 2.30. The minimum Gasteiger partial charge on any atom is -0.300 e. The molecular formula is C17H18O3S. The summed E-state index contributed by atoms with van der Waals surface area (Å²) in [6.45, 7) is 3.27. The van der Waals surface area contributed by atoms with Crippen LogP contribution in [0.2, 0.25) is 0 Å². The Kier molecular flexibility index (Phi) is 4.58. The molecule has 0 bridgehead atoms. The van der Waals surface area contributed by atoms with Crippen molar-refractivity contribution in [3.8, 4) is 0 Å². The van der Waals surface area contributed by atoms with Gasteiger partial charge in [0.15, 0.2) is 9.84 Å². The number of Topliss-reactive ketones (excluding diaryl/α,β-unsaturated/α-hetero) is 1. The summed E-state index contributed by atoms with van der Waals surface area (Å²) in [5.41, 5.74) is 1.53. The van der Waals surface area contributed by atoms with Gasteiger partial charge in [0.25, 0.3) is 0 Å². The number of benzene rings is 2. The summed E-state index contributed by atoms with van der Waals surface area (Å²) in [5, 5.41) is -0.835. The molecule has 1 unspecified atom stereocenters. The lowest BCUT2D eigenvalue weighted by Crippen LogP contribution is -2.16. The molecule has 110 valence electrons. The first kappa shape index (κ1) is 15.4. The summed E-state index contributed by atoms with van der Waals surface area (Å²) in [6, 6.07) is 15.7. The average Bonchev–Trinajstić information content (AvgIpc) is 2.45. The molecule has 0 heterocycles. The maximum absolute atomic E-state index is 12.9. The van der Waals surface area contributed by atoms with Gasteiger partial charge in [0, 0.05) is 6.42 Å². The maximum Gasteiger partial charge on any atom is 0.185 e. The highest BCUT2D eigenvalue weighted by Crippen LogP contribution is 2.32. The van der Waals surface area contributed by atoms with Crippen LogP contribution in [0.4, 0.5) is 0 Å². The molecule has 0 aliphatic carbocycles. The van der Waals surface area contributed by atoms with Crippen LogP contribution < -0.4 is 0 Å². The van der Waals surface area contributed by atoms with Crippen LogP contribution in [0.1, 0.15) is 29.7 Å². The molecule has 4 heteroatoms. The first-order chi connectivity index (χ1) is 9.91. The number of rotatable bonds is 5. The highest BCUT2D eigenvalue weighted by molar-refractivity contribution is 7.91. The van der Waals surface area contributed by atoms with Crippen LogP contribution >= 0.6 is 0 Å². The predicted molar refractivity (Wildman–Crippen MR) is 82.8 cm³/mol. The molecule has 2 rings (SSSR count). The Balaban J connectivity index is 2.52. The summed E-state index contributed by atoms with van der Waals surface area (Å²) >= 11 is 0. The van der Waals surface area contributed by atoms with Crippen molar-refractivity contribution in [3.63, 3.8) is 0 Å². The van der Waals surface area contributed by atoms with Crippen molar-refractivity contribution in [2.75, 3.05) is 0 Å². The van der Waals surface area contributed by atoms with E-state index in [2.05, 4.69) is 0 Å². The number of hydrogen-bond acceptors (Lipinski definition) is 3. The van der Waals surface area contributed by atoms with Gasteiger partial charge in [-0.05, 0) is 37.1 Å². The molecule has 0 spiro atoms. The second-order valence-electron chi connectivity index (χ2n) is 5.17. The molecule has 0 aliphatic rings. The molecule has 3 nitrogen and oxygen atoms in total. The zero-order chi connectivity index (χ0) is 15.5. The molecule has 0 aromatic heterocycles. The van der Waals surface area contributed by atoms with Crippen molar-refractivity contribution in [1.82, 2.24) is 0 Å². The van der Waals surface area contributed by atoms with E-state index in [9.17, 15) is 13.2 Å². The molecule has 1 atom stereocenters. The zero-order valence-electron chi connectivity index (χ0n) is 12.1. The first-order valence-electron chi connectivity index (χ1n) is 6.76. The van der Waals surface area contributed by atoms with Gasteiger partial charge in [-0.1, -0.05) is 42.5 Å². The van der Waals surface area contributed by atoms with Gasteiger partial charge in [0.05, 0.1) is 10.1 Å². The van der Waals surface area contributed by atoms with E-state index >= 15 is 0 Å². The minimum absolute atomic E-state index is 0.0136. The van der Waals surface area contributed by atoms with Gasteiger partial charge in [0.1, 0.15) is 5.78 Å². The Bertz CT molecular complexity index is 734. The lowest BCUT2D eigenvalue weighted by molar-refractivity contribution is -0.117. The molecule has 2 aromatic rings. The second kappa shape index (κ2) is 6.22. The Morgan fingerprint density at radius 2 is 1.71 bits per heavy atom. The number of hydrogen-bond donors (Lipinski definition) is 0. The maximum atomic E-state index is 12.9. The Labute approximate surface area is 125 Å². The minimum atomic E-state index is -3.59. The largest absolute Gasteiger partial charge is 0.300 e. The van der Waals surface area contributed by atoms with Crippen molar-refractivity contribution in [2.24, 2.45) is 0 Å². The molecule has 2 aromatic carbocycles. The van der Waals surface area contributed by atoms with Gasteiger partial charge in [-0.25, -0.2) is 8.42 Å². The van der Waals surface area contributed by atoms with Crippen LogP contribution in [0.25, 0.3) is 0 Å². The number of carbonyl (C=O) groups is 1. The molecule has 0 radical (unpaired) electrons. The summed E-state index contributed by atoms with van der Waals surface area (Å²) < 4.78 is 25.7. The van der Waals surface area contributed by atoms with E-state index in [4.69, 9.17) is 0 Å². The van der Waals surface area contributed by atoms with Gasteiger partial charge in [-0.15, -0.1) is 0 Å². The van der Waals surface area contributed by atoms with Gasteiger partial charge in [0.2, 0.25) is 0 Å². The Morgan fingerprint density at radius 1 is 1.05 bits per heavy atom. The van der Waals surface area contributed by atoms with Crippen LogP contribution in [-0.2, 0) is 14.6 Å². The molecule has 0 fully saturated rings. The summed E-state index contributed by atoms with van der Waals surface area (Å²) in [4.78, 5) is 11.8. The van der Waals surface area contributed by atoms with Crippen molar-refractivity contribution in [2.45, 2.75) is 30.4 Å². The molecule has 0 saturated carbocycles. The van der Waals surface area contributed by atoms with E-state index in [1.807, 2.05) is 19.1 Å². The third-order valence-electron chi connectivity index (χ3n) is 3.34. The van der Waals surface area contributed by atoms with E-state index in [0.29, 0.717) is 5.56 Å². The lowest BCUT2D eigenvalue weighted by Gasteiger charge is -2.17. The van der Waals surface area contributed by atoms with E-state index in [0.717, 1.165) is 5.56 Å². The topological polar surface area (TPSA) is 51.2 Å². The molecule has 0 aliphatic heterocycles. The number of sulfone groups is 1. The van der Waals surface area contributed by atoms with Crippen LogP contribution in [0.15, 0.2) is 59.5 Å². The zero-order valence-corrected chi connectivity index (χ0v) is 12.9. The fraction of sp³-hybridized carbons (Fsp3) is 0.235. The highest BCUT2D eigenvalue weighted by atomic mass is 32.2. The number of carbonyl (C=O) groups excluding carboxylic acids is 1. The van der Waals surface area contributed by atoms with Crippen LogP contribution in [0.3, 0.4) is 0 Å². The van der Waals surface area contributed by atoms with Crippen LogP contribution in [-0.4, -0.2) is 14.2 Å². The number of ketones is 1. The summed E-state index contributed by atoms with van der Waals surface area (Å²) in [6.07, 6.45) is -0.0136. The first-order valence-corrected chi connectivity index (χ1v) is 8.31. The Morgan fingerprint density at radius 3 is 2.29 bits per heavy atom. The summed E-state index contributed by atoms with van der Waals surface area (Å²) in [5.74, 6) is -0.139. The standard InChI is InChI=1S/C17H18O3S/c1-13-7-6-10-16(11-13)21(19,20)17(12-14(2)18)15-8-4-3-5-9-15/h3-11,17H,12H2,1-2H3. The third kappa shape index (κ3) is 3.58. The van der Waals surface area contributed by atoms with Crippen LogP contribution in [0, 0.1) is 6.92 Å². The van der Waals surface area contributed by atoms with E-state index < -0.39 is 15.1 Å². The van der Waals surface area contributed by atoms with E-state index in [1.165, 1.54) is 6.92 Å². The molecule has 0 amide bonds. The van der Waals surface area contributed by atoms with Gasteiger partial charge >= 0.3 is 0 Å². The van der Waals surface area contributed by atoms with E-state index in [1.54, 1.807) is 42.5 Å². The predicted octanol–water partition coefficient (Wildman–Crippen LogP) is 3.49. The van der Waals surface area contributed by atoms with Crippen molar-refractivity contribution in [1.29, 1.82) is 0 Å². The van der Waals surface area contributed by atoms with Gasteiger partial charge in [-0.3, -0.25) is 4.79 Å². The fourth-order valence-electron chi connectivity index (χ4n) is 2.29. The summed E-state index contributed by atoms with van der Waals surface area (Å²) in [7, 11) is -3.59. The second-order valence-corrected chi connectivity index (χ2v) is 7.30. The normalized spacial score (nSPS) is 12.9. The van der Waals surface area contributed by atoms with Gasteiger partial charge < -0.3 is 0 Å². The number of aryl methyl sites for hydroxylation is 1. The Hall–Kier alpha value is -1.94. The van der Waals surface area contributed by atoms with E-state index in [-0.39, 0.29) is 17.1 Å². The molecule has 0 N–H and O–H groups in total. The van der Waals surface area contributed by atoms with Gasteiger partial charge in [-0.2, -0.15) is 0 Å². The fourth-order valence-corrected chi connectivity index (χ4v) is 4.21. The lowest BCUT2D eigenvalue weighted by atomic mass is 10.1. The van der Waals surface area contributed by atoms with Crippen molar-refractivity contribution >= 4 is 15.6 Å². The average molecular weight is 302 g/mol. The smallest absolute Gasteiger partial charge is 0.185 e. The molecule has 0 saturated heterocycles.